The number of piperidine rings is 1. The van der Waals surface area contributed by atoms with Crippen molar-refractivity contribution in [3.05, 3.63) is 34.2 Å². The molecule has 0 saturated carbocycles. The summed E-state index contributed by atoms with van der Waals surface area (Å²) in [5.74, 6) is -1.07. The van der Waals surface area contributed by atoms with Gasteiger partial charge in [-0.1, -0.05) is 6.07 Å². The molecule has 1 unspecified atom stereocenters. The van der Waals surface area contributed by atoms with Crippen LogP contribution in [0, 0.1) is 4.91 Å². The maximum Gasteiger partial charge on any atom is 0.259 e. The van der Waals surface area contributed by atoms with Crippen LogP contribution in [0.1, 0.15) is 28.8 Å². The Labute approximate surface area is 113 Å². The van der Waals surface area contributed by atoms with Gasteiger partial charge >= 0.3 is 0 Å². The topological polar surface area (TPSA) is 97.5 Å². The van der Waals surface area contributed by atoms with Crippen molar-refractivity contribution < 1.29 is 19.6 Å². The van der Waals surface area contributed by atoms with E-state index in [9.17, 15) is 19.3 Å². The number of hydrogen-bond acceptors (Lipinski definition) is 4. The van der Waals surface area contributed by atoms with Gasteiger partial charge < -0.3 is 4.90 Å². The summed E-state index contributed by atoms with van der Waals surface area (Å²) in [6.45, 7) is 0.200. The van der Waals surface area contributed by atoms with E-state index in [-0.39, 0.29) is 24.8 Å². The molecule has 1 aromatic rings. The summed E-state index contributed by atoms with van der Waals surface area (Å²) in [4.78, 5) is 47.6. The second kappa shape index (κ2) is 4.52. The number of hydrogen-bond donors (Lipinski definition) is 2. The Kier molecular flexibility index (Phi) is 2.81. The minimum atomic E-state index is -0.660. The number of carbonyl (C=O) groups excluding carboxylic acids is 3. The summed E-state index contributed by atoms with van der Waals surface area (Å²) in [6, 6.07) is 4.18. The van der Waals surface area contributed by atoms with Crippen molar-refractivity contribution in [2.75, 3.05) is 0 Å². The highest BCUT2D eigenvalue weighted by Crippen LogP contribution is 2.30. The Hall–Kier alpha value is -2.57. The van der Waals surface area contributed by atoms with Gasteiger partial charge in [0.2, 0.25) is 11.8 Å². The van der Waals surface area contributed by atoms with Crippen molar-refractivity contribution in [2.45, 2.75) is 25.4 Å². The summed E-state index contributed by atoms with van der Waals surface area (Å²) < 4.78 is 0. The zero-order chi connectivity index (χ0) is 14.3. The lowest BCUT2D eigenvalue weighted by molar-refractivity contribution is -0.380. The molecular formula is C13H12N3O4+. The summed E-state index contributed by atoms with van der Waals surface area (Å²) in [7, 11) is 0. The first-order chi connectivity index (χ1) is 9.61. The highest BCUT2D eigenvalue weighted by molar-refractivity contribution is 6.05. The van der Waals surface area contributed by atoms with Gasteiger partial charge in [0.05, 0.1) is 17.7 Å². The zero-order valence-corrected chi connectivity index (χ0v) is 10.5. The molecule has 2 aliphatic rings. The van der Waals surface area contributed by atoms with Gasteiger partial charge in [-0.3, -0.25) is 19.7 Å². The lowest BCUT2D eigenvalue weighted by atomic mass is 10.0. The minimum Gasteiger partial charge on any atom is -0.322 e. The highest BCUT2D eigenvalue weighted by atomic mass is 16.3. The molecule has 0 radical (unpaired) electrons. The molecule has 1 aromatic carbocycles. The molecule has 1 fully saturated rings. The number of imide groups is 1. The molecule has 1 atom stereocenters. The molecule has 0 bridgehead atoms. The number of nitrogens with zero attached hydrogens (tertiary/aromatic N) is 1. The first-order valence-corrected chi connectivity index (χ1v) is 6.26. The molecule has 0 aromatic heterocycles. The van der Waals surface area contributed by atoms with E-state index in [2.05, 4.69) is 5.32 Å². The van der Waals surface area contributed by atoms with Gasteiger partial charge in [-0.2, -0.15) is 0 Å². The molecular weight excluding hydrogens is 262 g/mol. The molecule has 1 saturated heterocycles. The summed E-state index contributed by atoms with van der Waals surface area (Å²) in [6.07, 6.45) is 0.522. The van der Waals surface area contributed by atoms with Crippen LogP contribution in [0.15, 0.2) is 18.2 Å². The Balaban J connectivity index is 1.92. The van der Waals surface area contributed by atoms with Crippen LogP contribution >= 0.6 is 0 Å². The van der Waals surface area contributed by atoms with E-state index in [4.69, 9.17) is 0 Å². The predicted molar refractivity (Wildman–Crippen MR) is 66.5 cm³/mol. The number of carbonyl (C=O) groups is 3. The largest absolute Gasteiger partial charge is 0.322 e. The van der Waals surface area contributed by atoms with Crippen LogP contribution in [0.2, 0.25) is 0 Å². The zero-order valence-electron chi connectivity index (χ0n) is 10.5. The van der Waals surface area contributed by atoms with E-state index in [1.807, 2.05) is 0 Å². The van der Waals surface area contributed by atoms with Crippen molar-refractivity contribution >= 4 is 23.4 Å². The average Bonchev–Trinajstić information content (AvgIpc) is 2.76. The molecule has 7 heteroatoms. The third kappa shape index (κ3) is 1.78. The standard InChI is InChI=1S/C13H11N3O4/c17-11-5-4-10(12(18)14-11)16-6-8-7(13(16)19)2-1-3-9(8)15-20/h1-3,10H,4-6H2,(H,14,17,18)/p+1. The van der Waals surface area contributed by atoms with Crippen molar-refractivity contribution in [1.29, 1.82) is 0 Å². The normalized spacial score (nSPS) is 21.7. The fourth-order valence-corrected chi connectivity index (χ4v) is 2.68. The average molecular weight is 274 g/mol. The Morgan fingerprint density at radius 2 is 2.05 bits per heavy atom. The quantitative estimate of drug-likeness (QED) is 0.671. The molecule has 2 aliphatic heterocycles. The van der Waals surface area contributed by atoms with Gasteiger partial charge in [0.15, 0.2) is 0 Å². The van der Waals surface area contributed by atoms with E-state index in [1.165, 1.54) is 4.90 Å². The monoisotopic (exact) mass is 274 g/mol. The summed E-state index contributed by atoms with van der Waals surface area (Å²) in [5.41, 5.74) is 1.36. The first kappa shape index (κ1) is 12.5. The fourth-order valence-electron chi connectivity index (χ4n) is 2.68. The van der Waals surface area contributed by atoms with E-state index >= 15 is 0 Å². The first-order valence-electron chi connectivity index (χ1n) is 6.26. The van der Waals surface area contributed by atoms with Crippen LogP contribution in [0.5, 0.6) is 0 Å². The smallest absolute Gasteiger partial charge is 0.259 e. The summed E-state index contributed by atoms with van der Waals surface area (Å²) >= 11 is 0. The molecule has 0 aliphatic carbocycles. The predicted octanol–water partition coefficient (Wildman–Crippen LogP) is -1.07. The van der Waals surface area contributed by atoms with Gasteiger partial charge in [0.25, 0.3) is 11.6 Å². The fraction of sp³-hybridized carbons (Fsp3) is 0.308. The lowest BCUT2D eigenvalue weighted by Gasteiger charge is -2.29. The van der Waals surface area contributed by atoms with Gasteiger partial charge in [0, 0.05) is 22.6 Å². The molecule has 2 N–H and O–H groups in total. The lowest BCUT2D eigenvalue weighted by Crippen LogP contribution is -2.56. The molecule has 3 rings (SSSR count). The molecule has 3 amide bonds. The van der Waals surface area contributed by atoms with Crippen molar-refractivity contribution in [1.82, 2.24) is 10.2 Å². The Morgan fingerprint density at radius 1 is 1.25 bits per heavy atom. The highest BCUT2D eigenvalue weighted by Gasteiger charge is 2.40. The third-order valence-electron chi connectivity index (χ3n) is 3.69. The SMILES string of the molecule is O=[NH+]c1cccc2c1CN(C1CCC(=O)NC1=O)C2=O. The van der Waals surface area contributed by atoms with Crippen molar-refractivity contribution in [2.24, 2.45) is 0 Å². The van der Waals surface area contributed by atoms with Crippen LogP contribution < -0.4 is 10.5 Å². The molecule has 2 heterocycles. The van der Waals surface area contributed by atoms with Crippen LogP contribution in [0.3, 0.4) is 0 Å². The van der Waals surface area contributed by atoms with Crippen LogP contribution in [0.25, 0.3) is 0 Å². The number of nitrogens with one attached hydrogen (secondary N) is 2. The van der Waals surface area contributed by atoms with Gasteiger partial charge in [-0.15, -0.1) is 0 Å². The molecule has 0 spiro atoms. The number of rotatable bonds is 2. The number of fused-ring (bicyclic) bond motifs is 1. The maximum atomic E-state index is 12.3. The minimum absolute atomic E-state index is 0.200. The Bertz CT molecular complexity index is 641. The van der Waals surface area contributed by atoms with Gasteiger partial charge in [-0.05, 0) is 12.5 Å². The number of amides is 3. The second-order valence-electron chi connectivity index (χ2n) is 4.83. The number of benzene rings is 1. The second-order valence-corrected chi connectivity index (χ2v) is 4.83. The molecule has 102 valence electrons. The van der Waals surface area contributed by atoms with Gasteiger partial charge in [-0.25, -0.2) is 0 Å². The van der Waals surface area contributed by atoms with Crippen LogP contribution in [-0.2, 0) is 16.1 Å². The van der Waals surface area contributed by atoms with Crippen molar-refractivity contribution in [3.8, 4) is 0 Å². The maximum absolute atomic E-state index is 12.3. The third-order valence-corrected chi connectivity index (χ3v) is 3.69. The van der Waals surface area contributed by atoms with Crippen LogP contribution in [0.4, 0.5) is 5.69 Å². The van der Waals surface area contributed by atoms with E-state index in [0.717, 1.165) is 0 Å². The van der Waals surface area contributed by atoms with E-state index in [0.29, 0.717) is 23.2 Å². The summed E-state index contributed by atoms with van der Waals surface area (Å²) in [5, 5.41) is 4.04. The van der Waals surface area contributed by atoms with Crippen molar-refractivity contribution in [3.63, 3.8) is 0 Å². The van der Waals surface area contributed by atoms with E-state index < -0.39 is 11.9 Å². The van der Waals surface area contributed by atoms with Crippen LogP contribution in [-0.4, -0.2) is 28.7 Å². The molecule has 7 nitrogen and oxygen atoms in total. The Morgan fingerprint density at radius 3 is 2.75 bits per heavy atom. The number of nitroso groups, excluding NO2 is 1. The van der Waals surface area contributed by atoms with E-state index in [1.54, 1.807) is 23.4 Å². The van der Waals surface area contributed by atoms with Gasteiger partial charge in [0.1, 0.15) is 6.04 Å². The molecule has 20 heavy (non-hydrogen) atoms.